The monoisotopic (exact) mass is 311 g/mol. The smallest absolute Gasteiger partial charge is 0.368 e. The maximum Gasteiger partial charge on any atom is 0.417 e. The first-order chi connectivity index (χ1) is 9.67. The highest BCUT2D eigenvalue weighted by Gasteiger charge is 2.40. The standard InChI is InChI=1S/C12H14F5N3O/c1-7-9(20-6-11(13,14)21-7)5-19-10-3-2-8(4-18-10)12(15,16)17/h2-4,7,9,20H,5-6H2,1H3,(H,18,19)/t7-,9+/m0/s1. The van der Waals surface area contributed by atoms with Gasteiger partial charge in [-0.25, -0.2) is 4.98 Å². The van der Waals surface area contributed by atoms with E-state index in [1.165, 1.54) is 13.0 Å². The SMILES string of the molecule is C[C@@H]1OC(F)(F)CN[C@@H]1CNc1ccc(C(F)(F)F)cn1. The number of nitrogens with one attached hydrogen (secondary N) is 2. The number of alkyl halides is 5. The Labute approximate surface area is 117 Å². The minimum absolute atomic E-state index is 0.204. The number of nitrogens with zero attached hydrogens (tertiary/aromatic N) is 1. The van der Waals surface area contributed by atoms with Crippen LogP contribution in [0.3, 0.4) is 0 Å². The van der Waals surface area contributed by atoms with Crippen molar-refractivity contribution in [3.05, 3.63) is 23.9 Å². The molecular formula is C12H14F5N3O. The maximum absolute atomic E-state index is 12.9. The molecule has 2 rings (SSSR count). The molecule has 0 radical (unpaired) electrons. The molecule has 0 aromatic carbocycles. The number of morpholine rings is 1. The van der Waals surface area contributed by atoms with Gasteiger partial charge in [0.05, 0.1) is 24.3 Å². The number of halogens is 5. The lowest BCUT2D eigenvalue weighted by Crippen LogP contribution is -2.57. The predicted octanol–water partition coefficient (Wildman–Crippen LogP) is 2.48. The zero-order valence-corrected chi connectivity index (χ0v) is 11.0. The molecule has 0 spiro atoms. The van der Waals surface area contributed by atoms with E-state index in [4.69, 9.17) is 0 Å². The van der Waals surface area contributed by atoms with Gasteiger partial charge < -0.3 is 15.4 Å². The molecule has 4 nitrogen and oxygen atoms in total. The Morgan fingerprint density at radius 3 is 2.67 bits per heavy atom. The molecule has 118 valence electrons. The molecule has 2 N–H and O–H groups in total. The second kappa shape index (κ2) is 5.72. The number of rotatable bonds is 3. The topological polar surface area (TPSA) is 46.2 Å². The third kappa shape index (κ3) is 4.24. The van der Waals surface area contributed by atoms with E-state index in [-0.39, 0.29) is 12.4 Å². The van der Waals surface area contributed by atoms with E-state index >= 15 is 0 Å². The van der Waals surface area contributed by atoms with Crippen LogP contribution in [-0.4, -0.2) is 36.3 Å². The van der Waals surface area contributed by atoms with E-state index in [1.807, 2.05) is 0 Å². The molecule has 0 amide bonds. The highest BCUT2D eigenvalue weighted by atomic mass is 19.4. The molecule has 0 bridgehead atoms. The number of ether oxygens (including phenoxy) is 1. The molecule has 9 heteroatoms. The van der Waals surface area contributed by atoms with E-state index in [1.54, 1.807) is 0 Å². The molecule has 1 aliphatic heterocycles. The molecule has 1 aromatic heterocycles. The molecule has 1 fully saturated rings. The summed E-state index contributed by atoms with van der Waals surface area (Å²) in [5.74, 6) is 0.231. The van der Waals surface area contributed by atoms with Crippen molar-refractivity contribution in [2.45, 2.75) is 31.4 Å². The van der Waals surface area contributed by atoms with Crippen molar-refractivity contribution in [1.82, 2.24) is 10.3 Å². The predicted molar refractivity (Wildman–Crippen MR) is 65.0 cm³/mol. The summed E-state index contributed by atoms with van der Waals surface area (Å²) in [7, 11) is 0. The zero-order chi connectivity index (χ0) is 15.7. The van der Waals surface area contributed by atoms with E-state index in [9.17, 15) is 22.0 Å². The Hall–Kier alpha value is -1.48. The Morgan fingerprint density at radius 2 is 2.14 bits per heavy atom. The first-order valence-corrected chi connectivity index (χ1v) is 6.23. The number of hydrogen-bond acceptors (Lipinski definition) is 4. The molecule has 2 heterocycles. The summed E-state index contributed by atoms with van der Waals surface area (Å²) in [6.45, 7) is 1.09. The number of anilines is 1. The van der Waals surface area contributed by atoms with Crippen LogP contribution in [0.5, 0.6) is 0 Å². The van der Waals surface area contributed by atoms with Crippen LogP contribution in [0.15, 0.2) is 18.3 Å². The highest BCUT2D eigenvalue weighted by Crippen LogP contribution is 2.29. The van der Waals surface area contributed by atoms with Crippen LogP contribution in [0.2, 0.25) is 0 Å². The summed E-state index contributed by atoms with van der Waals surface area (Å²) >= 11 is 0. The van der Waals surface area contributed by atoms with Crippen molar-refractivity contribution < 1.29 is 26.7 Å². The van der Waals surface area contributed by atoms with E-state index in [2.05, 4.69) is 20.4 Å². The van der Waals surface area contributed by atoms with Crippen LogP contribution in [0.25, 0.3) is 0 Å². The lowest BCUT2D eigenvalue weighted by Gasteiger charge is -2.35. The van der Waals surface area contributed by atoms with Gasteiger partial charge in [-0.1, -0.05) is 0 Å². The quantitative estimate of drug-likeness (QED) is 0.842. The second-order valence-corrected chi connectivity index (χ2v) is 4.76. The molecule has 0 unspecified atom stereocenters. The molecule has 2 atom stereocenters. The van der Waals surface area contributed by atoms with Gasteiger partial charge in [0.25, 0.3) is 0 Å². The number of pyridine rings is 1. The van der Waals surface area contributed by atoms with Crippen molar-refractivity contribution in [3.63, 3.8) is 0 Å². The van der Waals surface area contributed by atoms with Crippen molar-refractivity contribution >= 4 is 5.82 Å². The molecule has 1 aliphatic rings. The fourth-order valence-corrected chi connectivity index (χ4v) is 1.93. The number of aromatic nitrogens is 1. The van der Waals surface area contributed by atoms with Crippen LogP contribution < -0.4 is 10.6 Å². The van der Waals surface area contributed by atoms with E-state index < -0.39 is 36.5 Å². The summed E-state index contributed by atoms with van der Waals surface area (Å²) in [6.07, 6.45) is -7.67. The first-order valence-electron chi connectivity index (χ1n) is 6.23. The Bertz CT molecular complexity index is 477. The molecular weight excluding hydrogens is 297 g/mol. The number of hydrogen-bond donors (Lipinski definition) is 2. The first kappa shape index (κ1) is 15.9. The summed E-state index contributed by atoms with van der Waals surface area (Å²) in [5, 5.41) is 5.40. The fraction of sp³-hybridized carbons (Fsp3) is 0.583. The Kier molecular flexibility index (Phi) is 4.33. The third-order valence-corrected chi connectivity index (χ3v) is 3.09. The van der Waals surface area contributed by atoms with E-state index in [0.29, 0.717) is 6.20 Å². The third-order valence-electron chi connectivity index (χ3n) is 3.09. The Morgan fingerprint density at radius 1 is 1.43 bits per heavy atom. The minimum atomic E-state index is -4.44. The molecule has 0 saturated carbocycles. The van der Waals surface area contributed by atoms with Crippen LogP contribution in [0, 0.1) is 0 Å². The van der Waals surface area contributed by atoms with Gasteiger partial charge in [0.15, 0.2) is 0 Å². The molecule has 21 heavy (non-hydrogen) atoms. The van der Waals surface area contributed by atoms with Crippen molar-refractivity contribution in [1.29, 1.82) is 0 Å². The summed E-state index contributed by atoms with van der Waals surface area (Å²) in [4.78, 5) is 3.64. The largest absolute Gasteiger partial charge is 0.417 e. The fourth-order valence-electron chi connectivity index (χ4n) is 1.93. The van der Waals surface area contributed by atoms with Crippen LogP contribution >= 0.6 is 0 Å². The highest BCUT2D eigenvalue weighted by molar-refractivity contribution is 5.36. The van der Waals surface area contributed by atoms with Gasteiger partial charge in [0, 0.05) is 12.7 Å². The van der Waals surface area contributed by atoms with Crippen LogP contribution in [0.1, 0.15) is 12.5 Å². The van der Waals surface area contributed by atoms with Gasteiger partial charge in [0.1, 0.15) is 5.82 Å². The lowest BCUT2D eigenvalue weighted by molar-refractivity contribution is -0.278. The zero-order valence-electron chi connectivity index (χ0n) is 11.0. The molecule has 1 aromatic rings. The summed E-state index contributed by atoms with van der Waals surface area (Å²) in [5.41, 5.74) is -0.847. The maximum atomic E-state index is 12.9. The Balaban J connectivity index is 1.89. The van der Waals surface area contributed by atoms with Crippen molar-refractivity contribution in [3.8, 4) is 0 Å². The van der Waals surface area contributed by atoms with Gasteiger partial charge >= 0.3 is 12.3 Å². The average molecular weight is 311 g/mol. The molecule has 0 aliphatic carbocycles. The van der Waals surface area contributed by atoms with Gasteiger partial charge in [-0.05, 0) is 19.1 Å². The second-order valence-electron chi connectivity index (χ2n) is 4.76. The normalized spacial score (nSPS) is 25.6. The van der Waals surface area contributed by atoms with Crippen LogP contribution in [-0.2, 0) is 10.9 Å². The van der Waals surface area contributed by atoms with Gasteiger partial charge in [-0.3, -0.25) is 0 Å². The van der Waals surface area contributed by atoms with Crippen LogP contribution in [0.4, 0.5) is 27.8 Å². The van der Waals surface area contributed by atoms with Crippen molar-refractivity contribution in [2.24, 2.45) is 0 Å². The molecule has 1 saturated heterocycles. The van der Waals surface area contributed by atoms with E-state index in [0.717, 1.165) is 6.07 Å². The van der Waals surface area contributed by atoms with Gasteiger partial charge in [-0.2, -0.15) is 22.0 Å². The van der Waals surface area contributed by atoms with Crippen molar-refractivity contribution in [2.75, 3.05) is 18.4 Å². The average Bonchev–Trinajstić information content (AvgIpc) is 2.36. The summed E-state index contributed by atoms with van der Waals surface area (Å²) in [6, 6.07) is 1.69. The van der Waals surface area contributed by atoms with Gasteiger partial charge in [-0.15, -0.1) is 0 Å². The lowest BCUT2D eigenvalue weighted by atomic mass is 10.1. The summed E-state index contributed by atoms with van der Waals surface area (Å²) < 4.78 is 67.5. The minimum Gasteiger partial charge on any atom is -0.368 e. The van der Waals surface area contributed by atoms with Gasteiger partial charge in [0.2, 0.25) is 0 Å².